The van der Waals surface area contributed by atoms with Crippen molar-refractivity contribution in [1.82, 2.24) is 9.80 Å². The van der Waals surface area contributed by atoms with E-state index in [-0.39, 0.29) is 29.9 Å². The van der Waals surface area contributed by atoms with Crippen LogP contribution in [0.25, 0.3) is 0 Å². The first kappa shape index (κ1) is 17.8. The summed E-state index contributed by atoms with van der Waals surface area (Å²) in [6, 6.07) is 8.59. The smallest absolute Gasteiger partial charge is 0.245 e. The Morgan fingerprint density at radius 3 is 2.64 bits per heavy atom. The molecule has 2 aliphatic heterocycles. The molecule has 0 aromatic heterocycles. The van der Waals surface area contributed by atoms with Gasteiger partial charge >= 0.3 is 0 Å². The van der Waals surface area contributed by atoms with Crippen LogP contribution in [0.5, 0.6) is 0 Å². The molecule has 2 heterocycles. The summed E-state index contributed by atoms with van der Waals surface area (Å²) in [5.74, 6) is 0.232. The van der Waals surface area contributed by atoms with Crippen molar-refractivity contribution in [3.05, 3.63) is 29.8 Å². The third-order valence-corrected chi connectivity index (χ3v) is 5.37. The van der Waals surface area contributed by atoms with E-state index in [1.807, 2.05) is 18.7 Å². The van der Waals surface area contributed by atoms with Gasteiger partial charge in [-0.15, -0.1) is 0 Å². The minimum atomic E-state index is -0.273. The van der Waals surface area contributed by atoms with E-state index < -0.39 is 0 Å². The lowest BCUT2D eigenvalue weighted by Gasteiger charge is -2.43. The first-order valence-corrected chi connectivity index (χ1v) is 9.31. The van der Waals surface area contributed by atoms with E-state index in [0.29, 0.717) is 25.9 Å². The average Bonchev–Trinajstić information content (AvgIpc) is 2.95. The zero-order chi connectivity index (χ0) is 18.1. The normalized spacial score (nSPS) is 24.4. The second-order valence-electron chi connectivity index (χ2n) is 7.61. The minimum absolute atomic E-state index is 0.0787. The zero-order valence-corrected chi connectivity index (χ0v) is 15.7. The highest BCUT2D eigenvalue weighted by atomic mass is 16.2. The van der Waals surface area contributed by atoms with Gasteiger partial charge in [0.15, 0.2) is 0 Å². The Morgan fingerprint density at radius 1 is 1.24 bits per heavy atom. The Kier molecular flexibility index (Phi) is 5.02. The predicted octanol–water partition coefficient (Wildman–Crippen LogP) is 2.43. The van der Waals surface area contributed by atoms with Crippen LogP contribution in [0.3, 0.4) is 0 Å². The summed E-state index contributed by atoms with van der Waals surface area (Å²) in [7, 11) is 0. The number of anilines is 1. The number of amides is 2. The van der Waals surface area contributed by atoms with E-state index in [9.17, 15) is 9.59 Å². The van der Waals surface area contributed by atoms with Crippen molar-refractivity contribution >= 4 is 17.5 Å². The topological polar surface area (TPSA) is 43.9 Å². The van der Waals surface area contributed by atoms with Crippen LogP contribution in [0.4, 0.5) is 5.69 Å². The van der Waals surface area contributed by atoms with Crippen molar-refractivity contribution in [3.63, 3.8) is 0 Å². The number of likely N-dealkylation sites (tertiary alicyclic amines) is 1. The van der Waals surface area contributed by atoms with Gasteiger partial charge < -0.3 is 14.7 Å². The van der Waals surface area contributed by atoms with Gasteiger partial charge in [0.2, 0.25) is 11.8 Å². The first-order chi connectivity index (χ1) is 11.9. The Labute approximate surface area is 150 Å². The summed E-state index contributed by atoms with van der Waals surface area (Å²) in [5, 5.41) is 0. The van der Waals surface area contributed by atoms with E-state index >= 15 is 0 Å². The fourth-order valence-corrected chi connectivity index (χ4v) is 4.15. The molecule has 0 bridgehead atoms. The van der Waals surface area contributed by atoms with E-state index in [1.54, 1.807) is 4.90 Å². The third-order valence-electron chi connectivity index (χ3n) is 5.37. The van der Waals surface area contributed by atoms with Crippen molar-refractivity contribution in [2.24, 2.45) is 0 Å². The number of piperazine rings is 1. The number of carbonyl (C=O) groups is 2. The molecular formula is C20H29N3O2. The molecular weight excluding hydrogens is 314 g/mol. The molecule has 0 radical (unpaired) electrons. The minimum Gasteiger partial charge on any atom is -0.365 e. The van der Waals surface area contributed by atoms with Gasteiger partial charge in [-0.25, -0.2) is 0 Å². The second kappa shape index (κ2) is 7.06. The molecule has 3 rings (SSSR count). The molecule has 0 spiro atoms. The van der Waals surface area contributed by atoms with E-state index in [2.05, 4.69) is 43.0 Å². The van der Waals surface area contributed by atoms with Gasteiger partial charge in [0, 0.05) is 43.8 Å². The second-order valence-corrected chi connectivity index (χ2v) is 7.61. The van der Waals surface area contributed by atoms with Crippen molar-refractivity contribution in [2.75, 3.05) is 24.5 Å². The highest BCUT2D eigenvalue weighted by Gasteiger charge is 2.40. The standard InChI is InChI=1S/C20H29N3O2/c1-14(2)23-18(8-9-19(23)24)20(25)21-10-11-22(16(4)13-21)17-7-5-6-15(3)12-17/h5-7,12,14,16,18H,8-11,13H2,1-4H3. The average molecular weight is 343 g/mol. The fraction of sp³-hybridized carbons (Fsp3) is 0.600. The Balaban J connectivity index is 1.68. The molecule has 2 aliphatic rings. The van der Waals surface area contributed by atoms with Crippen molar-refractivity contribution in [3.8, 4) is 0 Å². The maximum atomic E-state index is 13.0. The van der Waals surface area contributed by atoms with Crippen LogP contribution in [0, 0.1) is 6.92 Å². The van der Waals surface area contributed by atoms with Gasteiger partial charge in [0.05, 0.1) is 0 Å². The molecule has 2 atom stereocenters. The van der Waals surface area contributed by atoms with Crippen LogP contribution in [0.1, 0.15) is 39.2 Å². The van der Waals surface area contributed by atoms with E-state index in [4.69, 9.17) is 0 Å². The van der Waals surface area contributed by atoms with Crippen molar-refractivity contribution in [1.29, 1.82) is 0 Å². The summed E-state index contributed by atoms with van der Waals surface area (Å²) in [6.45, 7) is 10.5. The molecule has 25 heavy (non-hydrogen) atoms. The quantitative estimate of drug-likeness (QED) is 0.847. The number of aryl methyl sites for hydroxylation is 1. The molecule has 2 fully saturated rings. The van der Waals surface area contributed by atoms with Gasteiger partial charge in [-0.3, -0.25) is 9.59 Å². The van der Waals surface area contributed by atoms with Crippen molar-refractivity contribution in [2.45, 2.75) is 58.7 Å². The molecule has 2 saturated heterocycles. The molecule has 0 aliphatic carbocycles. The Bertz CT molecular complexity index is 658. The van der Waals surface area contributed by atoms with Gasteiger partial charge in [0.1, 0.15) is 6.04 Å². The number of hydrogen-bond donors (Lipinski definition) is 0. The summed E-state index contributed by atoms with van der Waals surface area (Å²) < 4.78 is 0. The molecule has 136 valence electrons. The van der Waals surface area contributed by atoms with Crippen LogP contribution in [0.2, 0.25) is 0 Å². The SMILES string of the molecule is Cc1cccc(N2CCN(C(=O)C3CCC(=O)N3C(C)C)CC2C)c1. The molecule has 5 nitrogen and oxygen atoms in total. The number of rotatable bonds is 3. The van der Waals surface area contributed by atoms with Crippen LogP contribution in [0.15, 0.2) is 24.3 Å². The molecule has 0 N–H and O–H groups in total. The summed E-state index contributed by atoms with van der Waals surface area (Å²) >= 11 is 0. The molecule has 0 saturated carbocycles. The number of hydrogen-bond acceptors (Lipinski definition) is 3. The van der Waals surface area contributed by atoms with E-state index in [0.717, 1.165) is 6.54 Å². The van der Waals surface area contributed by atoms with Crippen LogP contribution >= 0.6 is 0 Å². The van der Waals surface area contributed by atoms with Crippen LogP contribution in [-0.2, 0) is 9.59 Å². The summed E-state index contributed by atoms with van der Waals surface area (Å²) in [4.78, 5) is 31.2. The zero-order valence-electron chi connectivity index (χ0n) is 15.7. The van der Waals surface area contributed by atoms with Gasteiger partial charge in [-0.2, -0.15) is 0 Å². The molecule has 1 aromatic carbocycles. The Hall–Kier alpha value is -2.04. The maximum Gasteiger partial charge on any atom is 0.245 e. The first-order valence-electron chi connectivity index (χ1n) is 9.31. The molecule has 2 amide bonds. The fourth-order valence-electron chi connectivity index (χ4n) is 4.15. The van der Waals surface area contributed by atoms with Crippen molar-refractivity contribution < 1.29 is 9.59 Å². The van der Waals surface area contributed by atoms with Gasteiger partial charge in [-0.1, -0.05) is 12.1 Å². The van der Waals surface area contributed by atoms with Crippen LogP contribution < -0.4 is 4.90 Å². The lowest BCUT2D eigenvalue weighted by molar-refractivity contribution is -0.143. The van der Waals surface area contributed by atoms with Gasteiger partial charge in [0.25, 0.3) is 0 Å². The summed E-state index contributed by atoms with van der Waals surface area (Å²) in [6.07, 6.45) is 1.15. The third kappa shape index (κ3) is 3.51. The molecule has 5 heteroatoms. The maximum absolute atomic E-state index is 13.0. The van der Waals surface area contributed by atoms with E-state index in [1.165, 1.54) is 11.3 Å². The lowest BCUT2D eigenvalue weighted by Crippen LogP contribution is -2.58. The molecule has 2 unspecified atom stereocenters. The number of nitrogens with zero attached hydrogens (tertiary/aromatic N) is 3. The highest BCUT2D eigenvalue weighted by molar-refractivity contribution is 5.91. The largest absolute Gasteiger partial charge is 0.365 e. The monoisotopic (exact) mass is 343 g/mol. The molecule has 1 aromatic rings. The lowest BCUT2D eigenvalue weighted by atomic mass is 10.1. The summed E-state index contributed by atoms with van der Waals surface area (Å²) in [5.41, 5.74) is 2.47. The highest BCUT2D eigenvalue weighted by Crippen LogP contribution is 2.26. The Morgan fingerprint density at radius 2 is 2.00 bits per heavy atom. The number of carbonyl (C=O) groups excluding carboxylic acids is 2. The number of benzene rings is 1. The van der Waals surface area contributed by atoms with Crippen LogP contribution in [-0.4, -0.2) is 59.4 Å². The van der Waals surface area contributed by atoms with Gasteiger partial charge in [-0.05, 0) is 51.8 Å². The predicted molar refractivity (Wildman–Crippen MR) is 99.6 cm³/mol.